The van der Waals surface area contributed by atoms with Crippen LogP contribution in [0.25, 0.3) is 0 Å². The van der Waals surface area contributed by atoms with Gasteiger partial charge in [0.25, 0.3) is 0 Å². The van der Waals surface area contributed by atoms with Gasteiger partial charge in [-0.1, -0.05) is 35.3 Å². The Kier molecular flexibility index (Phi) is 3.87. The van der Waals surface area contributed by atoms with Crippen molar-refractivity contribution in [1.82, 2.24) is 0 Å². The van der Waals surface area contributed by atoms with Crippen molar-refractivity contribution in [3.8, 4) is 0 Å². The van der Waals surface area contributed by atoms with E-state index in [0.717, 1.165) is 11.3 Å². The zero-order chi connectivity index (χ0) is 12.3. The summed E-state index contributed by atoms with van der Waals surface area (Å²) in [6.45, 7) is 0.609. The molecule has 0 radical (unpaired) electrons. The molecule has 0 atom stereocenters. The van der Waals surface area contributed by atoms with E-state index in [9.17, 15) is 4.39 Å². The van der Waals surface area contributed by atoms with Gasteiger partial charge >= 0.3 is 0 Å². The highest BCUT2D eigenvalue weighted by Gasteiger charge is 1.99. The molecule has 2 rings (SSSR count). The van der Waals surface area contributed by atoms with E-state index >= 15 is 0 Å². The summed E-state index contributed by atoms with van der Waals surface area (Å²) in [5.74, 6) is -0.233. The fourth-order valence-corrected chi connectivity index (χ4v) is 1.71. The maximum absolute atomic E-state index is 12.7. The molecule has 2 aromatic carbocycles. The van der Waals surface area contributed by atoms with E-state index in [-0.39, 0.29) is 5.82 Å². The zero-order valence-electron chi connectivity index (χ0n) is 8.88. The summed E-state index contributed by atoms with van der Waals surface area (Å²) in [6, 6.07) is 11.7. The van der Waals surface area contributed by atoms with Gasteiger partial charge < -0.3 is 5.32 Å². The first-order chi connectivity index (χ1) is 8.15. The molecular weight excluding hydrogens is 260 g/mol. The monoisotopic (exact) mass is 269 g/mol. The summed E-state index contributed by atoms with van der Waals surface area (Å²) in [6.07, 6.45) is 0. The summed E-state index contributed by atoms with van der Waals surface area (Å²) in [5, 5.41) is 4.22. The lowest BCUT2D eigenvalue weighted by molar-refractivity contribution is 0.627. The molecule has 0 aliphatic heterocycles. The van der Waals surface area contributed by atoms with Gasteiger partial charge in [-0.3, -0.25) is 0 Å². The second-order valence-electron chi connectivity index (χ2n) is 3.61. The molecule has 1 N–H and O–H groups in total. The van der Waals surface area contributed by atoms with Gasteiger partial charge in [0.1, 0.15) is 5.82 Å². The average molecular weight is 270 g/mol. The van der Waals surface area contributed by atoms with Crippen LogP contribution in [-0.2, 0) is 6.54 Å². The highest BCUT2D eigenvalue weighted by molar-refractivity contribution is 6.42. The highest BCUT2D eigenvalue weighted by Crippen LogP contribution is 2.25. The Hall–Kier alpha value is -1.25. The van der Waals surface area contributed by atoms with Crippen molar-refractivity contribution in [2.75, 3.05) is 5.32 Å². The van der Waals surface area contributed by atoms with Crippen molar-refractivity contribution in [2.45, 2.75) is 6.54 Å². The molecule has 0 aromatic heterocycles. The molecule has 0 heterocycles. The number of hydrogen-bond donors (Lipinski definition) is 1. The molecule has 0 amide bonds. The molecule has 17 heavy (non-hydrogen) atoms. The van der Waals surface area contributed by atoms with E-state index in [1.54, 1.807) is 24.3 Å². The SMILES string of the molecule is Fc1ccc(CNc2ccc(Cl)c(Cl)c2)cc1. The molecule has 1 nitrogen and oxygen atoms in total. The minimum atomic E-state index is -0.233. The highest BCUT2D eigenvalue weighted by atomic mass is 35.5. The molecule has 2 aromatic rings. The number of hydrogen-bond acceptors (Lipinski definition) is 1. The Morgan fingerprint density at radius 2 is 1.65 bits per heavy atom. The van der Waals surface area contributed by atoms with Gasteiger partial charge in [-0.05, 0) is 35.9 Å². The summed E-state index contributed by atoms with van der Waals surface area (Å²) < 4.78 is 12.7. The Balaban J connectivity index is 2.02. The van der Waals surface area contributed by atoms with Gasteiger partial charge in [0, 0.05) is 12.2 Å². The molecule has 0 fully saturated rings. The third-order valence-electron chi connectivity index (χ3n) is 2.33. The van der Waals surface area contributed by atoms with E-state index in [1.807, 2.05) is 6.07 Å². The molecule has 0 saturated heterocycles. The van der Waals surface area contributed by atoms with Gasteiger partial charge in [0.2, 0.25) is 0 Å². The maximum Gasteiger partial charge on any atom is 0.123 e. The van der Waals surface area contributed by atoms with Crippen LogP contribution in [0.2, 0.25) is 10.0 Å². The number of halogens is 3. The van der Waals surface area contributed by atoms with Crippen LogP contribution in [0.5, 0.6) is 0 Å². The van der Waals surface area contributed by atoms with E-state index in [1.165, 1.54) is 12.1 Å². The van der Waals surface area contributed by atoms with Gasteiger partial charge in [0.15, 0.2) is 0 Å². The van der Waals surface area contributed by atoms with Crippen LogP contribution in [0.3, 0.4) is 0 Å². The fourth-order valence-electron chi connectivity index (χ4n) is 1.41. The molecular formula is C13H10Cl2FN. The molecule has 0 bridgehead atoms. The predicted octanol–water partition coefficient (Wildman–Crippen LogP) is 4.74. The van der Waals surface area contributed by atoms with Gasteiger partial charge in [0.05, 0.1) is 10.0 Å². The van der Waals surface area contributed by atoms with E-state index in [0.29, 0.717) is 16.6 Å². The molecule has 88 valence electrons. The van der Waals surface area contributed by atoms with Crippen molar-refractivity contribution in [2.24, 2.45) is 0 Å². The number of benzene rings is 2. The zero-order valence-corrected chi connectivity index (χ0v) is 10.4. The van der Waals surface area contributed by atoms with Gasteiger partial charge in [-0.2, -0.15) is 0 Å². The number of rotatable bonds is 3. The van der Waals surface area contributed by atoms with Crippen molar-refractivity contribution < 1.29 is 4.39 Å². The number of anilines is 1. The van der Waals surface area contributed by atoms with Gasteiger partial charge in [-0.15, -0.1) is 0 Å². The molecule has 0 unspecified atom stereocenters. The third-order valence-corrected chi connectivity index (χ3v) is 3.07. The topological polar surface area (TPSA) is 12.0 Å². The van der Waals surface area contributed by atoms with E-state index in [4.69, 9.17) is 23.2 Å². The van der Waals surface area contributed by atoms with Crippen molar-refractivity contribution in [3.63, 3.8) is 0 Å². The lowest BCUT2D eigenvalue weighted by Crippen LogP contribution is -1.99. The lowest BCUT2D eigenvalue weighted by atomic mass is 10.2. The summed E-state index contributed by atoms with van der Waals surface area (Å²) in [5.41, 5.74) is 1.88. The standard InChI is InChI=1S/C13H10Cl2FN/c14-12-6-5-11(7-13(12)15)17-8-9-1-3-10(16)4-2-9/h1-7,17H,8H2. The second-order valence-corrected chi connectivity index (χ2v) is 4.42. The first kappa shape index (κ1) is 12.2. The van der Waals surface area contributed by atoms with Crippen LogP contribution in [0, 0.1) is 5.82 Å². The Bertz CT molecular complexity index is 511. The summed E-state index contributed by atoms with van der Waals surface area (Å²) in [4.78, 5) is 0. The van der Waals surface area contributed by atoms with E-state index in [2.05, 4.69) is 5.32 Å². The quantitative estimate of drug-likeness (QED) is 0.849. The van der Waals surface area contributed by atoms with Crippen molar-refractivity contribution in [1.29, 1.82) is 0 Å². The van der Waals surface area contributed by atoms with Crippen LogP contribution < -0.4 is 5.32 Å². The van der Waals surface area contributed by atoms with Crippen LogP contribution in [0.15, 0.2) is 42.5 Å². The van der Waals surface area contributed by atoms with E-state index < -0.39 is 0 Å². The van der Waals surface area contributed by atoms with Crippen LogP contribution >= 0.6 is 23.2 Å². The van der Waals surface area contributed by atoms with Crippen molar-refractivity contribution in [3.05, 3.63) is 63.9 Å². The first-order valence-electron chi connectivity index (χ1n) is 5.08. The van der Waals surface area contributed by atoms with Crippen LogP contribution in [-0.4, -0.2) is 0 Å². The lowest BCUT2D eigenvalue weighted by Gasteiger charge is -2.07. The fraction of sp³-hybridized carbons (Fsp3) is 0.0769. The number of nitrogens with one attached hydrogen (secondary N) is 1. The predicted molar refractivity (Wildman–Crippen MR) is 70.2 cm³/mol. The Morgan fingerprint density at radius 3 is 2.29 bits per heavy atom. The largest absolute Gasteiger partial charge is 0.381 e. The molecule has 0 aliphatic carbocycles. The Labute approximate surface area is 109 Å². The molecule has 0 spiro atoms. The van der Waals surface area contributed by atoms with Crippen molar-refractivity contribution >= 4 is 28.9 Å². The average Bonchev–Trinajstić information content (AvgIpc) is 2.33. The summed E-state index contributed by atoms with van der Waals surface area (Å²) in [7, 11) is 0. The first-order valence-corrected chi connectivity index (χ1v) is 5.84. The van der Waals surface area contributed by atoms with Crippen LogP contribution in [0.4, 0.5) is 10.1 Å². The molecule has 4 heteroatoms. The minimum Gasteiger partial charge on any atom is -0.381 e. The summed E-state index contributed by atoms with van der Waals surface area (Å²) >= 11 is 11.7. The second kappa shape index (κ2) is 5.39. The van der Waals surface area contributed by atoms with Gasteiger partial charge in [-0.25, -0.2) is 4.39 Å². The third kappa shape index (κ3) is 3.35. The maximum atomic E-state index is 12.7. The normalized spacial score (nSPS) is 10.3. The van der Waals surface area contributed by atoms with Crippen LogP contribution in [0.1, 0.15) is 5.56 Å². The molecule has 0 saturated carbocycles. The minimum absolute atomic E-state index is 0.233. The molecule has 0 aliphatic rings. The Morgan fingerprint density at radius 1 is 0.941 bits per heavy atom. The smallest absolute Gasteiger partial charge is 0.123 e.